The number of benzene rings is 1. The Balaban J connectivity index is 2.22. The molecule has 2 rings (SSSR count). The van der Waals surface area contributed by atoms with E-state index in [-0.39, 0.29) is 5.91 Å². The molecular formula is C14H16N2OS. The average molecular weight is 260 g/mol. The van der Waals surface area contributed by atoms with E-state index in [1.165, 1.54) is 0 Å². The second kappa shape index (κ2) is 5.45. The molecule has 0 bridgehead atoms. The van der Waals surface area contributed by atoms with E-state index in [9.17, 15) is 4.79 Å². The Labute approximate surface area is 113 Å². The highest BCUT2D eigenvalue weighted by atomic mass is 32.1. The highest BCUT2D eigenvalue weighted by molar-refractivity contribution is 7.80. The topological polar surface area (TPSA) is 44.1 Å². The van der Waals surface area contributed by atoms with Crippen molar-refractivity contribution in [1.29, 1.82) is 5.26 Å². The zero-order valence-corrected chi connectivity index (χ0v) is 11.3. The van der Waals surface area contributed by atoms with Gasteiger partial charge in [0, 0.05) is 23.0 Å². The van der Waals surface area contributed by atoms with E-state index < -0.39 is 0 Å². The molecule has 0 spiro atoms. The lowest BCUT2D eigenvalue weighted by molar-refractivity contribution is 0.0746. The molecule has 0 heterocycles. The number of thiol groups is 1. The fourth-order valence-corrected chi connectivity index (χ4v) is 2.21. The Bertz CT molecular complexity index is 503. The van der Waals surface area contributed by atoms with Crippen LogP contribution < -0.4 is 0 Å². The summed E-state index contributed by atoms with van der Waals surface area (Å²) in [7, 11) is 0. The van der Waals surface area contributed by atoms with Crippen LogP contribution in [-0.2, 0) is 0 Å². The maximum Gasteiger partial charge on any atom is 0.254 e. The fourth-order valence-electron chi connectivity index (χ4n) is 2.00. The number of nitrogens with zero attached hydrogens (tertiary/aromatic N) is 2. The molecule has 0 unspecified atom stereocenters. The van der Waals surface area contributed by atoms with Gasteiger partial charge in [-0.05, 0) is 37.5 Å². The standard InChI is InChI=1S/C14H16N2OS/c1-10-3-6-12(18)9-13(10)14(17)16(8-2-7-15)11-4-5-11/h3,6,9,11,18H,2,4-5,8H2,1H3. The molecule has 1 aliphatic rings. The molecule has 0 saturated heterocycles. The van der Waals surface area contributed by atoms with Gasteiger partial charge in [0.25, 0.3) is 5.91 Å². The normalized spacial score (nSPS) is 14.1. The van der Waals surface area contributed by atoms with Crippen molar-refractivity contribution in [3.63, 3.8) is 0 Å². The molecule has 94 valence electrons. The van der Waals surface area contributed by atoms with Crippen LogP contribution in [0.3, 0.4) is 0 Å². The first-order valence-electron chi connectivity index (χ1n) is 6.11. The van der Waals surface area contributed by atoms with Crippen molar-refractivity contribution in [2.75, 3.05) is 6.54 Å². The number of hydrogen-bond acceptors (Lipinski definition) is 3. The maximum absolute atomic E-state index is 12.5. The number of hydrogen-bond donors (Lipinski definition) is 1. The monoisotopic (exact) mass is 260 g/mol. The van der Waals surface area contributed by atoms with Gasteiger partial charge in [0.15, 0.2) is 0 Å². The summed E-state index contributed by atoms with van der Waals surface area (Å²) in [5.74, 6) is 0.0288. The fraction of sp³-hybridized carbons (Fsp3) is 0.429. The van der Waals surface area contributed by atoms with Gasteiger partial charge in [-0.3, -0.25) is 4.79 Å². The number of aryl methyl sites for hydroxylation is 1. The summed E-state index contributed by atoms with van der Waals surface area (Å²) in [6.45, 7) is 2.45. The Morgan fingerprint density at radius 2 is 2.28 bits per heavy atom. The molecular weight excluding hydrogens is 244 g/mol. The molecule has 3 nitrogen and oxygen atoms in total. The van der Waals surface area contributed by atoms with Crippen molar-refractivity contribution in [1.82, 2.24) is 4.90 Å². The van der Waals surface area contributed by atoms with Gasteiger partial charge >= 0.3 is 0 Å². The Kier molecular flexibility index (Phi) is 3.93. The van der Waals surface area contributed by atoms with E-state index in [2.05, 4.69) is 18.7 Å². The van der Waals surface area contributed by atoms with Crippen molar-refractivity contribution in [2.45, 2.75) is 37.1 Å². The molecule has 18 heavy (non-hydrogen) atoms. The summed E-state index contributed by atoms with van der Waals surface area (Å²) < 4.78 is 0. The number of amides is 1. The molecule has 0 radical (unpaired) electrons. The maximum atomic E-state index is 12.5. The zero-order valence-electron chi connectivity index (χ0n) is 10.4. The predicted octanol–water partition coefficient (Wildman–Crippen LogP) is 2.80. The van der Waals surface area contributed by atoms with E-state index >= 15 is 0 Å². The van der Waals surface area contributed by atoms with Gasteiger partial charge in [-0.15, -0.1) is 12.6 Å². The lowest BCUT2D eigenvalue weighted by atomic mass is 10.1. The molecule has 1 saturated carbocycles. The molecule has 1 aromatic carbocycles. The van der Waals surface area contributed by atoms with E-state index in [0.717, 1.165) is 23.3 Å². The number of carbonyl (C=O) groups is 1. The van der Waals surface area contributed by atoms with Crippen LogP contribution in [0.2, 0.25) is 0 Å². The van der Waals surface area contributed by atoms with Crippen LogP contribution in [0.15, 0.2) is 23.1 Å². The van der Waals surface area contributed by atoms with E-state index in [0.29, 0.717) is 24.6 Å². The minimum absolute atomic E-state index is 0.0288. The SMILES string of the molecule is Cc1ccc(S)cc1C(=O)N(CCC#N)C1CC1. The number of nitriles is 1. The largest absolute Gasteiger partial charge is 0.335 e. The van der Waals surface area contributed by atoms with Gasteiger partial charge in [0.1, 0.15) is 0 Å². The minimum Gasteiger partial charge on any atom is -0.335 e. The molecule has 0 N–H and O–H groups in total. The van der Waals surface area contributed by atoms with Crippen LogP contribution in [0.5, 0.6) is 0 Å². The number of carbonyl (C=O) groups excluding carboxylic acids is 1. The predicted molar refractivity (Wildman–Crippen MR) is 72.7 cm³/mol. The molecule has 0 aliphatic heterocycles. The first kappa shape index (κ1) is 13.0. The second-order valence-electron chi connectivity index (χ2n) is 4.64. The third kappa shape index (κ3) is 2.85. The van der Waals surface area contributed by atoms with Crippen molar-refractivity contribution >= 4 is 18.5 Å². The highest BCUT2D eigenvalue weighted by Gasteiger charge is 2.33. The smallest absolute Gasteiger partial charge is 0.254 e. The quantitative estimate of drug-likeness (QED) is 0.846. The summed E-state index contributed by atoms with van der Waals surface area (Å²) in [6.07, 6.45) is 2.50. The Morgan fingerprint density at radius 3 is 2.89 bits per heavy atom. The van der Waals surface area contributed by atoms with Crippen LogP contribution in [0.4, 0.5) is 0 Å². The zero-order chi connectivity index (χ0) is 13.1. The van der Waals surface area contributed by atoms with Crippen molar-refractivity contribution < 1.29 is 4.79 Å². The molecule has 4 heteroatoms. The van der Waals surface area contributed by atoms with Crippen molar-refractivity contribution in [2.24, 2.45) is 0 Å². The van der Waals surface area contributed by atoms with Gasteiger partial charge in [-0.25, -0.2) is 0 Å². The Morgan fingerprint density at radius 1 is 1.56 bits per heavy atom. The second-order valence-corrected chi connectivity index (χ2v) is 5.15. The van der Waals surface area contributed by atoms with Crippen molar-refractivity contribution in [3.05, 3.63) is 29.3 Å². The van der Waals surface area contributed by atoms with Gasteiger partial charge in [-0.1, -0.05) is 6.07 Å². The van der Waals surface area contributed by atoms with E-state index in [4.69, 9.17) is 5.26 Å². The Hall–Kier alpha value is -1.47. The summed E-state index contributed by atoms with van der Waals surface area (Å²) in [5.41, 5.74) is 1.66. The van der Waals surface area contributed by atoms with Gasteiger partial charge < -0.3 is 4.90 Å². The van der Waals surface area contributed by atoms with Gasteiger partial charge in [-0.2, -0.15) is 5.26 Å². The highest BCUT2D eigenvalue weighted by Crippen LogP contribution is 2.29. The van der Waals surface area contributed by atoms with Crippen LogP contribution in [0.25, 0.3) is 0 Å². The number of rotatable bonds is 4. The minimum atomic E-state index is 0.0288. The van der Waals surface area contributed by atoms with Crippen LogP contribution >= 0.6 is 12.6 Å². The molecule has 1 aliphatic carbocycles. The molecule has 1 fully saturated rings. The molecule has 0 atom stereocenters. The molecule has 1 aromatic rings. The van der Waals surface area contributed by atoms with Crippen LogP contribution in [-0.4, -0.2) is 23.4 Å². The van der Waals surface area contributed by atoms with Crippen LogP contribution in [0.1, 0.15) is 35.2 Å². The summed E-state index contributed by atoms with van der Waals surface area (Å²) >= 11 is 4.28. The van der Waals surface area contributed by atoms with Crippen molar-refractivity contribution in [3.8, 4) is 6.07 Å². The van der Waals surface area contributed by atoms with Crippen LogP contribution in [0, 0.1) is 18.3 Å². The summed E-state index contributed by atoms with van der Waals surface area (Å²) in [5, 5.41) is 8.67. The lowest BCUT2D eigenvalue weighted by Crippen LogP contribution is -2.34. The third-order valence-electron chi connectivity index (χ3n) is 3.16. The molecule has 1 amide bonds. The van der Waals surface area contributed by atoms with Gasteiger partial charge in [0.05, 0.1) is 12.5 Å². The summed E-state index contributed by atoms with van der Waals surface area (Å²) in [4.78, 5) is 15.1. The first-order chi connectivity index (χ1) is 8.63. The van der Waals surface area contributed by atoms with E-state index in [1.807, 2.05) is 30.0 Å². The third-order valence-corrected chi connectivity index (χ3v) is 3.44. The van der Waals surface area contributed by atoms with Gasteiger partial charge in [0.2, 0.25) is 0 Å². The summed E-state index contributed by atoms with van der Waals surface area (Å²) in [6, 6.07) is 8.03. The average Bonchev–Trinajstić information content (AvgIpc) is 3.17. The lowest BCUT2D eigenvalue weighted by Gasteiger charge is -2.22. The van der Waals surface area contributed by atoms with E-state index in [1.54, 1.807) is 0 Å². The molecule has 0 aromatic heterocycles. The first-order valence-corrected chi connectivity index (χ1v) is 6.55.